The Balaban J connectivity index is 1.75. The Kier molecular flexibility index (Phi) is 4.65. The van der Waals surface area contributed by atoms with Crippen LogP contribution < -0.4 is 4.18 Å². The summed E-state index contributed by atoms with van der Waals surface area (Å²) in [6, 6.07) is 11.6. The van der Waals surface area contributed by atoms with Gasteiger partial charge in [0.2, 0.25) is 0 Å². The summed E-state index contributed by atoms with van der Waals surface area (Å²) in [5.41, 5.74) is 1.15. The molecule has 0 amide bonds. The summed E-state index contributed by atoms with van der Waals surface area (Å²) in [5.74, 6) is 2.02. The monoisotopic (exact) mass is 356 g/mol. The van der Waals surface area contributed by atoms with Gasteiger partial charge in [-0.25, -0.2) is 4.39 Å². The fourth-order valence-electron chi connectivity index (χ4n) is 2.01. The molecule has 0 aliphatic carbocycles. The van der Waals surface area contributed by atoms with E-state index in [1.807, 2.05) is 35.7 Å². The van der Waals surface area contributed by atoms with E-state index < -0.39 is 15.9 Å². The molecule has 116 valence electrons. The fraction of sp³-hybridized carbons (Fsp3) is 0.200. The smallest absolute Gasteiger partial charge is 0.339 e. The number of hydrogen-bond donors (Lipinski definition) is 0. The molecular formula is C15H13FO3S3. The Labute approximate surface area is 137 Å². The third kappa shape index (κ3) is 3.59. The Morgan fingerprint density at radius 3 is 2.14 bits per heavy atom. The largest absolute Gasteiger partial charge is 0.379 e. The van der Waals surface area contributed by atoms with Gasteiger partial charge in [0.1, 0.15) is 16.5 Å². The molecule has 1 fully saturated rings. The van der Waals surface area contributed by atoms with Gasteiger partial charge in [0, 0.05) is 11.5 Å². The van der Waals surface area contributed by atoms with Crippen LogP contribution in [0.1, 0.15) is 10.1 Å². The van der Waals surface area contributed by atoms with Crippen molar-refractivity contribution in [2.45, 2.75) is 9.48 Å². The Hall–Kier alpha value is -1.18. The van der Waals surface area contributed by atoms with Crippen LogP contribution in [0.3, 0.4) is 0 Å². The molecule has 0 N–H and O–H groups in total. The zero-order valence-corrected chi connectivity index (χ0v) is 13.9. The van der Waals surface area contributed by atoms with Crippen LogP contribution in [0.5, 0.6) is 5.75 Å². The average Bonchev–Trinajstić information content (AvgIpc) is 3.02. The van der Waals surface area contributed by atoms with E-state index >= 15 is 0 Å². The molecule has 22 heavy (non-hydrogen) atoms. The summed E-state index contributed by atoms with van der Waals surface area (Å²) in [7, 11) is -3.94. The van der Waals surface area contributed by atoms with Crippen LogP contribution in [0, 0.1) is 5.82 Å². The van der Waals surface area contributed by atoms with Crippen LogP contribution >= 0.6 is 23.5 Å². The van der Waals surface area contributed by atoms with Gasteiger partial charge in [-0.2, -0.15) is 8.42 Å². The van der Waals surface area contributed by atoms with Crippen molar-refractivity contribution in [3.05, 3.63) is 59.9 Å². The minimum absolute atomic E-state index is 0.0696. The van der Waals surface area contributed by atoms with Crippen molar-refractivity contribution in [3.8, 4) is 5.75 Å². The Bertz CT molecular complexity index is 737. The summed E-state index contributed by atoms with van der Waals surface area (Å²) >= 11 is 3.76. The van der Waals surface area contributed by atoms with Crippen LogP contribution in [-0.4, -0.2) is 19.9 Å². The minimum Gasteiger partial charge on any atom is -0.379 e. The van der Waals surface area contributed by atoms with E-state index in [2.05, 4.69) is 0 Å². The molecule has 0 spiro atoms. The van der Waals surface area contributed by atoms with Crippen molar-refractivity contribution in [1.29, 1.82) is 0 Å². The number of benzene rings is 2. The van der Waals surface area contributed by atoms with Crippen molar-refractivity contribution in [1.82, 2.24) is 0 Å². The second kappa shape index (κ2) is 6.52. The van der Waals surface area contributed by atoms with E-state index in [4.69, 9.17) is 4.18 Å². The molecule has 2 aromatic carbocycles. The molecule has 1 heterocycles. The predicted octanol–water partition coefficient (Wildman–Crippen LogP) is 4.07. The van der Waals surface area contributed by atoms with Gasteiger partial charge >= 0.3 is 10.1 Å². The van der Waals surface area contributed by atoms with Crippen LogP contribution in [0.15, 0.2) is 53.4 Å². The average molecular weight is 356 g/mol. The topological polar surface area (TPSA) is 43.4 Å². The molecular weight excluding hydrogens is 343 g/mol. The van der Waals surface area contributed by atoms with Gasteiger partial charge < -0.3 is 4.18 Å². The first-order valence-electron chi connectivity index (χ1n) is 6.58. The van der Waals surface area contributed by atoms with E-state index in [1.54, 1.807) is 12.1 Å². The third-order valence-electron chi connectivity index (χ3n) is 3.08. The summed E-state index contributed by atoms with van der Waals surface area (Å²) in [6.07, 6.45) is 0. The van der Waals surface area contributed by atoms with E-state index in [1.165, 1.54) is 12.1 Å². The molecule has 0 atom stereocenters. The molecule has 7 heteroatoms. The van der Waals surface area contributed by atoms with E-state index in [0.29, 0.717) is 4.58 Å². The highest BCUT2D eigenvalue weighted by atomic mass is 32.2. The van der Waals surface area contributed by atoms with Crippen molar-refractivity contribution >= 4 is 33.6 Å². The van der Waals surface area contributed by atoms with Crippen molar-refractivity contribution in [2.75, 3.05) is 11.5 Å². The first-order chi connectivity index (χ1) is 10.5. The standard InChI is InChI=1S/C15H13FO3S3/c16-12-3-7-14(8-4-12)22(17,18)19-13-5-1-11(2-6-13)15-20-9-10-21-15/h1-8,15H,9-10H2. The highest BCUT2D eigenvalue weighted by Gasteiger charge is 2.19. The lowest BCUT2D eigenvalue weighted by molar-refractivity contribution is 0.485. The normalized spacial score (nSPS) is 15.9. The third-order valence-corrected chi connectivity index (χ3v) is 7.45. The van der Waals surface area contributed by atoms with Gasteiger partial charge in [0.25, 0.3) is 0 Å². The van der Waals surface area contributed by atoms with Gasteiger partial charge in [-0.1, -0.05) is 12.1 Å². The molecule has 0 radical (unpaired) electrons. The molecule has 1 saturated heterocycles. The maximum atomic E-state index is 12.9. The quantitative estimate of drug-likeness (QED) is 0.773. The lowest BCUT2D eigenvalue weighted by Crippen LogP contribution is -2.09. The van der Waals surface area contributed by atoms with Crippen molar-refractivity contribution in [2.24, 2.45) is 0 Å². The predicted molar refractivity (Wildman–Crippen MR) is 88.3 cm³/mol. The summed E-state index contributed by atoms with van der Waals surface area (Å²) in [6.45, 7) is 0. The Morgan fingerprint density at radius 2 is 1.55 bits per heavy atom. The van der Waals surface area contributed by atoms with Gasteiger partial charge in [-0.15, -0.1) is 23.5 Å². The molecule has 2 aromatic rings. The van der Waals surface area contributed by atoms with E-state index in [0.717, 1.165) is 29.2 Å². The van der Waals surface area contributed by atoms with Gasteiger partial charge in [-0.3, -0.25) is 0 Å². The Morgan fingerprint density at radius 1 is 0.955 bits per heavy atom. The number of halogens is 1. The van der Waals surface area contributed by atoms with E-state index in [-0.39, 0.29) is 10.6 Å². The van der Waals surface area contributed by atoms with Gasteiger partial charge in [-0.05, 0) is 42.0 Å². The van der Waals surface area contributed by atoms with Crippen LogP contribution in [0.2, 0.25) is 0 Å². The van der Waals surface area contributed by atoms with E-state index in [9.17, 15) is 12.8 Å². The van der Waals surface area contributed by atoms with Crippen LogP contribution in [0.25, 0.3) is 0 Å². The lowest BCUT2D eigenvalue weighted by Gasteiger charge is -2.10. The van der Waals surface area contributed by atoms with Crippen molar-refractivity contribution < 1.29 is 17.0 Å². The van der Waals surface area contributed by atoms with Gasteiger partial charge in [0.15, 0.2) is 0 Å². The number of hydrogen-bond acceptors (Lipinski definition) is 5. The SMILES string of the molecule is O=S(=O)(Oc1ccc(C2SCCS2)cc1)c1ccc(F)cc1. The molecule has 3 rings (SSSR count). The van der Waals surface area contributed by atoms with Gasteiger partial charge in [0.05, 0.1) is 4.58 Å². The maximum Gasteiger partial charge on any atom is 0.339 e. The van der Waals surface area contributed by atoms with Crippen LogP contribution in [-0.2, 0) is 10.1 Å². The molecule has 1 aliphatic rings. The second-order valence-corrected chi connectivity index (χ2v) is 8.90. The highest BCUT2D eigenvalue weighted by Crippen LogP contribution is 2.45. The van der Waals surface area contributed by atoms with Crippen molar-refractivity contribution in [3.63, 3.8) is 0 Å². The first-order valence-corrected chi connectivity index (χ1v) is 10.1. The molecule has 0 saturated carbocycles. The maximum absolute atomic E-state index is 12.9. The lowest BCUT2D eigenvalue weighted by atomic mass is 10.2. The van der Waals surface area contributed by atoms with Crippen LogP contribution in [0.4, 0.5) is 4.39 Å². The number of thioether (sulfide) groups is 2. The minimum atomic E-state index is -3.94. The zero-order chi connectivity index (χ0) is 15.6. The summed E-state index contributed by atoms with van der Waals surface area (Å²) < 4.78 is 42.5. The zero-order valence-electron chi connectivity index (χ0n) is 11.4. The second-order valence-electron chi connectivity index (χ2n) is 4.63. The fourth-order valence-corrected chi connectivity index (χ4v) is 5.80. The molecule has 3 nitrogen and oxygen atoms in total. The molecule has 0 bridgehead atoms. The molecule has 1 aliphatic heterocycles. The number of rotatable bonds is 4. The first kappa shape index (κ1) is 15.7. The molecule has 0 unspecified atom stereocenters. The highest BCUT2D eigenvalue weighted by molar-refractivity contribution is 8.19. The molecule has 0 aromatic heterocycles. The summed E-state index contributed by atoms with van der Waals surface area (Å²) in [4.78, 5) is -0.0696. The summed E-state index contributed by atoms with van der Waals surface area (Å²) in [5, 5.41) is 0.